The third-order valence-corrected chi connectivity index (χ3v) is 4.22. The number of carbonyl (C=O) groups excluding carboxylic acids is 1. The van der Waals surface area contributed by atoms with E-state index in [0.717, 1.165) is 29.7 Å². The van der Waals surface area contributed by atoms with Crippen LogP contribution in [-0.4, -0.2) is 36.7 Å². The number of benzene rings is 1. The molecule has 1 atom stereocenters. The third kappa shape index (κ3) is 4.62. The van der Waals surface area contributed by atoms with Crippen LogP contribution < -0.4 is 10.1 Å². The zero-order chi connectivity index (χ0) is 16.8. The molecule has 23 heavy (non-hydrogen) atoms. The average molecular weight is 315 g/mol. The number of rotatable bonds is 4. The van der Waals surface area contributed by atoms with E-state index in [1.165, 1.54) is 0 Å². The van der Waals surface area contributed by atoms with E-state index in [9.17, 15) is 4.79 Å². The Hall–Kier alpha value is -2.22. The lowest BCUT2D eigenvalue weighted by molar-refractivity contribution is 0.170. The SMILES string of the molecule is Cc1cccc(C)c1OC[C@H](C)NC(=O)N1CCC(C#N)CC1. The average Bonchev–Trinajstić information content (AvgIpc) is 2.54. The lowest BCUT2D eigenvalue weighted by Gasteiger charge is -2.30. The molecule has 0 unspecified atom stereocenters. The first-order valence-corrected chi connectivity index (χ1v) is 8.15. The first-order chi connectivity index (χ1) is 11.0. The number of amides is 2. The number of nitriles is 1. The van der Waals surface area contributed by atoms with Crippen molar-refractivity contribution in [3.05, 3.63) is 29.3 Å². The summed E-state index contributed by atoms with van der Waals surface area (Å²) in [5.74, 6) is 0.979. The van der Waals surface area contributed by atoms with Gasteiger partial charge >= 0.3 is 6.03 Å². The molecule has 2 amide bonds. The summed E-state index contributed by atoms with van der Waals surface area (Å²) in [4.78, 5) is 14.0. The fourth-order valence-corrected chi connectivity index (χ4v) is 2.79. The number of hydrogen-bond acceptors (Lipinski definition) is 3. The number of carbonyl (C=O) groups is 1. The van der Waals surface area contributed by atoms with E-state index >= 15 is 0 Å². The van der Waals surface area contributed by atoms with Crippen molar-refractivity contribution in [3.8, 4) is 11.8 Å². The minimum Gasteiger partial charge on any atom is -0.491 e. The van der Waals surface area contributed by atoms with E-state index in [2.05, 4.69) is 11.4 Å². The predicted molar refractivity (Wildman–Crippen MR) is 89.3 cm³/mol. The second-order valence-corrected chi connectivity index (χ2v) is 6.27. The van der Waals surface area contributed by atoms with Crippen LogP contribution in [0.3, 0.4) is 0 Å². The van der Waals surface area contributed by atoms with Gasteiger partial charge in [0.15, 0.2) is 0 Å². The summed E-state index contributed by atoms with van der Waals surface area (Å²) in [7, 11) is 0. The van der Waals surface area contributed by atoms with Gasteiger partial charge in [0.1, 0.15) is 12.4 Å². The molecule has 1 aromatic rings. The number of hydrogen-bond donors (Lipinski definition) is 1. The van der Waals surface area contributed by atoms with Gasteiger partial charge in [-0.3, -0.25) is 0 Å². The molecule has 1 aliphatic heterocycles. The molecule has 0 aliphatic carbocycles. The topological polar surface area (TPSA) is 65.4 Å². The maximum atomic E-state index is 12.2. The van der Waals surface area contributed by atoms with Crippen LogP contribution in [0, 0.1) is 31.1 Å². The molecule has 5 nitrogen and oxygen atoms in total. The van der Waals surface area contributed by atoms with Crippen LogP contribution in [0.4, 0.5) is 4.79 Å². The molecule has 0 bridgehead atoms. The number of nitrogens with zero attached hydrogens (tertiary/aromatic N) is 2. The highest BCUT2D eigenvalue weighted by Gasteiger charge is 2.23. The second kappa shape index (κ2) is 7.87. The Morgan fingerprint density at radius 3 is 2.57 bits per heavy atom. The molecule has 1 saturated heterocycles. The molecule has 124 valence electrons. The predicted octanol–water partition coefficient (Wildman–Crippen LogP) is 3.02. The van der Waals surface area contributed by atoms with Crippen LogP contribution >= 0.6 is 0 Å². The normalized spacial score (nSPS) is 16.5. The first kappa shape index (κ1) is 17.1. The molecule has 1 heterocycles. The highest BCUT2D eigenvalue weighted by atomic mass is 16.5. The number of ether oxygens (including phenoxy) is 1. The Bertz CT molecular complexity index is 566. The summed E-state index contributed by atoms with van der Waals surface area (Å²) in [5.41, 5.74) is 2.20. The van der Waals surface area contributed by atoms with Crippen molar-refractivity contribution in [2.45, 2.75) is 39.7 Å². The lowest BCUT2D eigenvalue weighted by Crippen LogP contribution is -2.48. The van der Waals surface area contributed by atoms with Crippen molar-refractivity contribution in [1.82, 2.24) is 10.2 Å². The highest BCUT2D eigenvalue weighted by molar-refractivity contribution is 5.74. The van der Waals surface area contributed by atoms with Gasteiger partial charge in [-0.1, -0.05) is 18.2 Å². The first-order valence-electron chi connectivity index (χ1n) is 8.15. The third-order valence-electron chi connectivity index (χ3n) is 4.22. The Labute approximate surface area is 138 Å². The van der Waals surface area contributed by atoms with Gasteiger partial charge < -0.3 is 15.0 Å². The molecule has 1 fully saturated rings. The summed E-state index contributed by atoms with van der Waals surface area (Å²) in [6.07, 6.45) is 1.52. The van der Waals surface area contributed by atoms with Crippen LogP contribution in [0.25, 0.3) is 0 Å². The number of para-hydroxylation sites is 1. The van der Waals surface area contributed by atoms with E-state index in [1.54, 1.807) is 4.90 Å². The van der Waals surface area contributed by atoms with Gasteiger partial charge in [-0.05, 0) is 44.7 Å². The van der Waals surface area contributed by atoms with Crippen molar-refractivity contribution in [2.75, 3.05) is 19.7 Å². The van der Waals surface area contributed by atoms with Crippen molar-refractivity contribution in [3.63, 3.8) is 0 Å². The smallest absolute Gasteiger partial charge is 0.317 e. The molecule has 0 spiro atoms. The van der Waals surface area contributed by atoms with Crippen molar-refractivity contribution < 1.29 is 9.53 Å². The number of likely N-dealkylation sites (tertiary alicyclic amines) is 1. The Morgan fingerprint density at radius 1 is 1.39 bits per heavy atom. The van der Waals surface area contributed by atoms with Gasteiger partial charge in [-0.15, -0.1) is 0 Å². The maximum absolute atomic E-state index is 12.2. The monoisotopic (exact) mass is 315 g/mol. The van der Waals surface area contributed by atoms with E-state index in [-0.39, 0.29) is 18.0 Å². The second-order valence-electron chi connectivity index (χ2n) is 6.27. The quantitative estimate of drug-likeness (QED) is 0.929. The molecule has 0 radical (unpaired) electrons. The number of nitrogens with one attached hydrogen (secondary N) is 1. The summed E-state index contributed by atoms with van der Waals surface area (Å²) >= 11 is 0. The van der Waals surface area contributed by atoms with E-state index in [0.29, 0.717) is 19.7 Å². The lowest BCUT2D eigenvalue weighted by atomic mass is 9.99. The molecule has 0 saturated carbocycles. The van der Waals surface area contributed by atoms with Gasteiger partial charge in [0.25, 0.3) is 0 Å². The molecule has 2 rings (SSSR count). The van der Waals surface area contributed by atoms with Gasteiger partial charge in [0.2, 0.25) is 0 Å². The highest BCUT2D eigenvalue weighted by Crippen LogP contribution is 2.22. The zero-order valence-electron chi connectivity index (χ0n) is 14.1. The number of urea groups is 1. The molecule has 5 heteroatoms. The molecule has 1 N–H and O–H groups in total. The van der Waals surface area contributed by atoms with Crippen LogP contribution in [0.2, 0.25) is 0 Å². The van der Waals surface area contributed by atoms with Gasteiger partial charge in [-0.2, -0.15) is 5.26 Å². The summed E-state index contributed by atoms with van der Waals surface area (Å²) < 4.78 is 5.88. The fraction of sp³-hybridized carbons (Fsp3) is 0.556. The molecular weight excluding hydrogens is 290 g/mol. The van der Waals surface area contributed by atoms with Crippen molar-refractivity contribution in [1.29, 1.82) is 5.26 Å². The molecule has 0 aromatic heterocycles. The molecular formula is C18H25N3O2. The zero-order valence-corrected chi connectivity index (χ0v) is 14.1. The van der Waals surface area contributed by atoms with Crippen LogP contribution in [0.15, 0.2) is 18.2 Å². The van der Waals surface area contributed by atoms with Crippen molar-refractivity contribution >= 4 is 6.03 Å². The van der Waals surface area contributed by atoms with Crippen molar-refractivity contribution in [2.24, 2.45) is 5.92 Å². The largest absolute Gasteiger partial charge is 0.491 e. The fourth-order valence-electron chi connectivity index (χ4n) is 2.79. The Balaban J connectivity index is 1.80. The summed E-state index contributed by atoms with van der Waals surface area (Å²) in [6, 6.07) is 8.18. The van der Waals surface area contributed by atoms with E-state index in [4.69, 9.17) is 10.00 Å². The number of aryl methyl sites for hydroxylation is 2. The summed E-state index contributed by atoms with van der Waals surface area (Å²) in [6.45, 7) is 7.71. The standard InChI is InChI=1S/C18H25N3O2/c1-13-5-4-6-14(2)17(13)23-12-15(3)20-18(22)21-9-7-16(11-19)8-10-21/h4-6,15-16H,7-10,12H2,1-3H3,(H,20,22)/t15-/m0/s1. The van der Waals surface area contributed by atoms with E-state index < -0.39 is 0 Å². The summed E-state index contributed by atoms with van der Waals surface area (Å²) in [5, 5.41) is 11.9. The number of piperidine rings is 1. The Morgan fingerprint density at radius 2 is 2.00 bits per heavy atom. The van der Waals surface area contributed by atoms with Crippen LogP contribution in [-0.2, 0) is 0 Å². The minimum atomic E-state index is -0.0739. The van der Waals surface area contributed by atoms with Gasteiger partial charge in [0, 0.05) is 19.0 Å². The minimum absolute atomic E-state index is 0.0704. The molecule has 1 aromatic carbocycles. The van der Waals surface area contributed by atoms with Gasteiger partial charge in [-0.25, -0.2) is 4.79 Å². The van der Waals surface area contributed by atoms with Crippen LogP contribution in [0.1, 0.15) is 30.9 Å². The van der Waals surface area contributed by atoms with E-state index in [1.807, 2.05) is 39.0 Å². The Kier molecular flexibility index (Phi) is 5.86. The van der Waals surface area contributed by atoms with Crippen LogP contribution in [0.5, 0.6) is 5.75 Å². The maximum Gasteiger partial charge on any atom is 0.317 e. The molecule has 1 aliphatic rings. The van der Waals surface area contributed by atoms with Gasteiger partial charge in [0.05, 0.1) is 12.1 Å².